The minimum absolute atomic E-state index is 0.248. The Kier molecular flexibility index (Phi) is 4.22. The third-order valence-corrected chi connectivity index (χ3v) is 3.80. The fourth-order valence-corrected chi connectivity index (χ4v) is 2.57. The van der Waals surface area contributed by atoms with Crippen LogP contribution in [0.3, 0.4) is 0 Å². The second-order valence-corrected chi connectivity index (χ2v) is 5.41. The normalized spacial score (nSPS) is 11.3. The Morgan fingerprint density at radius 1 is 1.42 bits per heavy atom. The van der Waals surface area contributed by atoms with Crippen molar-refractivity contribution in [3.05, 3.63) is 29.1 Å². The second kappa shape index (κ2) is 5.33. The number of primary amides is 1. The number of carboxylic acid groups (broad SMARTS) is 1. The number of nitrogens with two attached hydrogens (primary N) is 1. The van der Waals surface area contributed by atoms with Crippen LogP contribution in [0, 0.1) is 12.7 Å². The van der Waals surface area contributed by atoms with E-state index < -0.39 is 44.7 Å². The Morgan fingerprint density at radius 3 is 2.47 bits per heavy atom. The molecule has 19 heavy (non-hydrogen) atoms. The first kappa shape index (κ1) is 15.1. The highest BCUT2D eigenvalue weighted by Crippen LogP contribution is 2.20. The van der Waals surface area contributed by atoms with Crippen LogP contribution in [0.5, 0.6) is 0 Å². The van der Waals surface area contributed by atoms with Gasteiger partial charge in [-0.25, -0.2) is 22.3 Å². The Hall–Kier alpha value is -2.00. The summed E-state index contributed by atoms with van der Waals surface area (Å²) < 4.78 is 38.9. The second-order valence-electron chi connectivity index (χ2n) is 3.68. The third kappa shape index (κ3) is 3.48. The van der Waals surface area contributed by atoms with Crippen molar-refractivity contribution in [3.8, 4) is 0 Å². The molecule has 104 valence electrons. The van der Waals surface area contributed by atoms with Gasteiger partial charge in [0.15, 0.2) is 0 Å². The summed E-state index contributed by atoms with van der Waals surface area (Å²) in [5, 5.41) is 8.75. The zero-order valence-electron chi connectivity index (χ0n) is 9.81. The maximum absolute atomic E-state index is 13.5. The molecule has 0 aromatic heterocycles. The summed E-state index contributed by atoms with van der Waals surface area (Å²) in [4.78, 5) is 20.7. The van der Waals surface area contributed by atoms with Gasteiger partial charge in [-0.1, -0.05) is 0 Å². The molecule has 0 aliphatic carbocycles. The van der Waals surface area contributed by atoms with Crippen molar-refractivity contribution in [2.45, 2.75) is 11.8 Å². The van der Waals surface area contributed by atoms with Gasteiger partial charge in [0.05, 0.1) is 17.0 Å². The fourth-order valence-electron chi connectivity index (χ4n) is 1.30. The van der Waals surface area contributed by atoms with E-state index in [4.69, 9.17) is 10.8 Å². The standard InChI is InChI=1S/C10H11FN2O5S/c1-5-7(11)2-6(10(15)16)3-8(5)19(17,18)13-4-9(12)14/h2-3,13H,4H2,1H3,(H2,12,14)(H,15,16). The number of benzene rings is 1. The molecule has 1 aromatic carbocycles. The molecule has 4 N–H and O–H groups in total. The van der Waals surface area contributed by atoms with Gasteiger partial charge in [0.1, 0.15) is 5.82 Å². The maximum atomic E-state index is 13.5. The highest BCUT2D eigenvalue weighted by molar-refractivity contribution is 7.89. The molecule has 0 heterocycles. The Morgan fingerprint density at radius 2 is 2.00 bits per heavy atom. The van der Waals surface area contributed by atoms with Gasteiger partial charge in [-0.15, -0.1) is 0 Å². The maximum Gasteiger partial charge on any atom is 0.335 e. The molecule has 9 heteroatoms. The molecule has 0 fully saturated rings. The summed E-state index contributed by atoms with van der Waals surface area (Å²) in [5.74, 6) is -3.36. The number of hydrogen-bond donors (Lipinski definition) is 3. The molecule has 0 unspecified atom stereocenters. The topological polar surface area (TPSA) is 127 Å². The highest BCUT2D eigenvalue weighted by atomic mass is 32.2. The summed E-state index contributed by atoms with van der Waals surface area (Å²) >= 11 is 0. The van der Waals surface area contributed by atoms with Crippen LogP contribution in [0.15, 0.2) is 17.0 Å². The van der Waals surface area contributed by atoms with Gasteiger partial charge in [0.2, 0.25) is 15.9 Å². The summed E-state index contributed by atoms with van der Waals surface area (Å²) in [7, 11) is -4.22. The third-order valence-electron chi connectivity index (χ3n) is 2.27. The van der Waals surface area contributed by atoms with E-state index in [0.29, 0.717) is 6.07 Å². The van der Waals surface area contributed by atoms with Gasteiger partial charge in [0, 0.05) is 5.56 Å². The van der Waals surface area contributed by atoms with Gasteiger partial charge < -0.3 is 10.8 Å². The summed E-state index contributed by atoms with van der Waals surface area (Å²) in [6, 6.07) is 1.52. The van der Waals surface area contributed by atoms with Crippen molar-refractivity contribution in [2.24, 2.45) is 5.73 Å². The smallest absolute Gasteiger partial charge is 0.335 e. The molecule has 7 nitrogen and oxygen atoms in total. The molecule has 1 amide bonds. The van der Waals surface area contributed by atoms with E-state index in [-0.39, 0.29) is 5.56 Å². The zero-order chi connectivity index (χ0) is 14.8. The van der Waals surface area contributed by atoms with Crippen LogP contribution in [-0.2, 0) is 14.8 Å². The van der Waals surface area contributed by atoms with Crippen molar-refractivity contribution >= 4 is 21.9 Å². The molecular weight excluding hydrogens is 279 g/mol. The SMILES string of the molecule is Cc1c(F)cc(C(=O)O)cc1S(=O)(=O)NCC(N)=O. The van der Waals surface area contributed by atoms with Crippen LogP contribution < -0.4 is 10.5 Å². The monoisotopic (exact) mass is 290 g/mol. The zero-order valence-corrected chi connectivity index (χ0v) is 10.6. The first-order valence-electron chi connectivity index (χ1n) is 4.96. The van der Waals surface area contributed by atoms with Gasteiger partial charge >= 0.3 is 5.97 Å². The van der Waals surface area contributed by atoms with Crippen molar-refractivity contribution in [2.75, 3.05) is 6.54 Å². The average Bonchev–Trinajstić information content (AvgIpc) is 2.29. The summed E-state index contributed by atoms with van der Waals surface area (Å²) in [6.07, 6.45) is 0. The molecule has 0 aliphatic rings. The minimum Gasteiger partial charge on any atom is -0.478 e. The number of nitrogens with one attached hydrogen (secondary N) is 1. The molecular formula is C10H11FN2O5S. The van der Waals surface area contributed by atoms with E-state index in [1.165, 1.54) is 6.92 Å². The van der Waals surface area contributed by atoms with Gasteiger partial charge in [-0.2, -0.15) is 0 Å². The first-order valence-corrected chi connectivity index (χ1v) is 6.45. The van der Waals surface area contributed by atoms with Crippen LogP contribution >= 0.6 is 0 Å². The Bertz CT molecular complexity index is 642. The van der Waals surface area contributed by atoms with Crippen molar-refractivity contribution < 1.29 is 27.5 Å². The molecule has 0 saturated carbocycles. The van der Waals surface area contributed by atoms with Gasteiger partial charge in [-0.05, 0) is 19.1 Å². The van der Waals surface area contributed by atoms with E-state index in [1.54, 1.807) is 0 Å². The van der Waals surface area contributed by atoms with E-state index in [9.17, 15) is 22.4 Å². The lowest BCUT2D eigenvalue weighted by atomic mass is 10.1. The van der Waals surface area contributed by atoms with Crippen LogP contribution in [0.4, 0.5) is 4.39 Å². The molecule has 0 bridgehead atoms. The fraction of sp³-hybridized carbons (Fsp3) is 0.200. The van der Waals surface area contributed by atoms with E-state index in [0.717, 1.165) is 6.07 Å². The molecule has 0 aliphatic heterocycles. The number of halogens is 1. The summed E-state index contributed by atoms with van der Waals surface area (Å²) in [6.45, 7) is 0.514. The van der Waals surface area contributed by atoms with Crippen LogP contribution in [0.25, 0.3) is 0 Å². The number of aromatic carboxylic acids is 1. The van der Waals surface area contributed by atoms with Gasteiger partial charge in [-0.3, -0.25) is 4.79 Å². The number of hydrogen-bond acceptors (Lipinski definition) is 4. The summed E-state index contributed by atoms with van der Waals surface area (Å²) in [5.41, 5.74) is 4.03. The van der Waals surface area contributed by atoms with Gasteiger partial charge in [0.25, 0.3) is 0 Å². The van der Waals surface area contributed by atoms with Crippen molar-refractivity contribution in [1.29, 1.82) is 0 Å². The number of carbonyl (C=O) groups excluding carboxylic acids is 1. The molecule has 1 aromatic rings. The average molecular weight is 290 g/mol. The predicted octanol–water partition coefficient (Wildman–Crippen LogP) is -0.404. The lowest BCUT2D eigenvalue weighted by Gasteiger charge is -2.10. The Labute approximate surface area is 108 Å². The number of rotatable bonds is 5. The minimum atomic E-state index is -4.22. The lowest BCUT2D eigenvalue weighted by Crippen LogP contribution is -2.33. The molecule has 0 atom stereocenters. The van der Waals surface area contributed by atoms with Crippen molar-refractivity contribution in [1.82, 2.24) is 4.72 Å². The van der Waals surface area contributed by atoms with E-state index in [1.807, 2.05) is 4.72 Å². The van der Waals surface area contributed by atoms with Crippen LogP contribution in [0.2, 0.25) is 0 Å². The molecule has 0 spiro atoms. The predicted molar refractivity (Wildman–Crippen MR) is 62.5 cm³/mol. The first-order chi connectivity index (χ1) is 8.65. The quantitative estimate of drug-likeness (QED) is 0.679. The van der Waals surface area contributed by atoms with Crippen molar-refractivity contribution in [3.63, 3.8) is 0 Å². The largest absolute Gasteiger partial charge is 0.478 e. The lowest BCUT2D eigenvalue weighted by molar-refractivity contribution is -0.116. The van der Waals surface area contributed by atoms with Crippen LogP contribution in [0.1, 0.15) is 15.9 Å². The molecule has 0 radical (unpaired) electrons. The number of amides is 1. The number of carbonyl (C=O) groups is 2. The number of sulfonamides is 1. The number of carboxylic acids is 1. The molecule has 0 saturated heterocycles. The van der Waals surface area contributed by atoms with Crippen LogP contribution in [-0.4, -0.2) is 31.9 Å². The van der Waals surface area contributed by atoms with E-state index in [2.05, 4.69) is 0 Å². The van der Waals surface area contributed by atoms with E-state index >= 15 is 0 Å². The Balaban J connectivity index is 3.33. The molecule has 1 rings (SSSR count). The highest BCUT2D eigenvalue weighted by Gasteiger charge is 2.22.